The molecule has 0 radical (unpaired) electrons. The SMILES string of the molecule is CCS(=O)(=O)C1CSCCN1C(C)C(=O)c1ccccc1. The van der Waals surface area contributed by atoms with Crippen molar-refractivity contribution >= 4 is 27.4 Å². The van der Waals surface area contributed by atoms with Gasteiger partial charge in [-0.25, -0.2) is 8.42 Å². The smallest absolute Gasteiger partial charge is 0.179 e. The maximum absolute atomic E-state index is 12.6. The summed E-state index contributed by atoms with van der Waals surface area (Å²) in [6.45, 7) is 4.11. The first-order valence-corrected chi connectivity index (χ1v) is 9.98. The molecule has 1 fully saturated rings. The number of rotatable bonds is 5. The molecule has 1 heterocycles. The van der Waals surface area contributed by atoms with Gasteiger partial charge in [0.25, 0.3) is 0 Å². The normalized spacial score (nSPS) is 21.9. The van der Waals surface area contributed by atoms with Gasteiger partial charge in [0.1, 0.15) is 5.37 Å². The number of thioether (sulfide) groups is 1. The average Bonchev–Trinajstić information content (AvgIpc) is 2.54. The number of ketones is 1. The minimum Gasteiger partial charge on any atom is -0.292 e. The fraction of sp³-hybridized carbons (Fsp3) is 0.533. The molecule has 0 amide bonds. The largest absolute Gasteiger partial charge is 0.292 e. The first kappa shape index (κ1) is 16.5. The lowest BCUT2D eigenvalue weighted by atomic mass is 10.0. The fourth-order valence-corrected chi connectivity index (χ4v) is 5.64. The summed E-state index contributed by atoms with van der Waals surface area (Å²) in [4.78, 5) is 14.4. The Morgan fingerprint density at radius 2 is 2.05 bits per heavy atom. The van der Waals surface area contributed by atoms with E-state index in [0.717, 1.165) is 5.75 Å². The van der Waals surface area contributed by atoms with Gasteiger partial charge < -0.3 is 0 Å². The third-order valence-corrected chi connectivity index (χ3v) is 7.18. The Morgan fingerprint density at radius 1 is 1.38 bits per heavy atom. The monoisotopic (exact) mass is 327 g/mol. The molecule has 21 heavy (non-hydrogen) atoms. The Kier molecular flexibility index (Phi) is 5.46. The number of nitrogens with zero attached hydrogens (tertiary/aromatic N) is 1. The van der Waals surface area contributed by atoms with Crippen LogP contribution in [0.3, 0.4) is 0 Å². The van der Waals surface area contributed by atoms with Crippen molar-refractivity contribution in [1.29, 1.82) is 0 Å². The highest BCUT2D eigenvalue weighted by Gasteiger charge is 2.37. The molecule has 0 N–H and O–H groups in total. The molecule has 2 rings (SSSR count). The van der Waals surface area contributed by atoms with E-state index in [4.69, 9.17) is 0 Å². The number of hydrogen-bond acceptors (Lipinski definition) is 5. The van der Waals surface area contributed by atoms with Crippen LogP contribution in [0.15, 0.2) is 30.3 Å². The Bertz CT molecular complexity index is 586. The van der Waals surface area contributed by atoms with Gasteiger partial charge in [0, 0.05) is 29.4 Å². The van der Waals surface area contributed by atoms with Crippen molar-refractivity contribution in [2.24, 2.45) is 0 Å². The molecule has 0 aromatic heterocycles. The standard InChI is InChI=1S/C15H21NO3S2/c1-3-21(18,19)14-11-20-10-9-16(14)12(2)15(17)13-7-5-4-6-8-13/h4-8,12,14H,3,9-11H2,1-2H3. The van der Waals surface area contributed by atoms with Gasteiger partial charge in [-0.3, -0.25) is 9.69 Å². The van der Waals surface area contributed by atoms with Crippen LogP contribution in [0.1, 0.15) is 24.2 Å². The quantitative estimate of drug-likeness (QED) is 0.775. The van der Waals surface area contributed by atoms with Gasteiger partial charge in [-0.15, -0.1) is 0 Å². The molecular formula is C15H21NO3S2. The Morgan fingerprint density at radius 3 is 2.67 bits per heavy atom. The van der Waals surface area contributed by atoms with Crippen molar-refractivity contribution in [2.75, 3.05) is 23.8 Å². The van der Waals surface area contributed by atoms with Gasteiger partial charge in [-0.05, 0) is 6.92 Å². The molecule has 1 aromatic rings. The minimum atomic E-state index is -3.18. The molecule has 0 spiro atoms. The van der Waals surface area contributed by atoms with Crippen molar-refractivity contribution in [2.45, 2.75) is 25.3 Å². The molecule has 4 nitrogen and oxygen atoms in total. The van der Waals surface area contributed by atoms with Crippen LogP contribution in [0.5, 0.6) is 0 Å². The van der Waals surface area contributed by atoms with Gasteiger partial charge >= 0.3 is 0 Å². The van der Waals surface area contributed by atoms with E-state index in [2.05, 4.69) is 0 Å². The number of carbonyl (C=O) groups excluding carboxylic acids is 1. The lowest BCUT2D eigenvalue weighted by Crippen LogP contribution is -2.54. The maximum Gasteiger partial charge on any atom is 0.179 e. The van der Waals surface area contributed by atoms with Crippen LogP contribution >= 0.6 is 11.8 Å². The van der Waals surface area contributed by atoms with Gasteiger partial charge in [0.15, 0.2) is 15.6 Å². The molecule has 1 aliphatic heterocycles. The van der Waals surface area contributed by atoms with E-state index >= 15 is 0 Å². The fourth-order valence-electron chi connectivity index (χ4n) is 2.53. The van der Waals surface area contributed by atoms with Crippen molar-refractivity contribution in [3.05, 3.63) is 35.9 Å². The van der Waals surface area contributed by atoms with E-state index in [9.17, 15) is 13.2 Å². The van der Waals surface area contributed by atoms with E-state index in [1.807, 2.05) is 30.0 Å². The molecule has 1 saturated heterocycles. The molecule has 0 bridgehead atoms. The van der Waals surface area contributed by atoms with Gasteiger partial charge in [0.2, 0.25) is 0 Å². The summed E-state index contributed by atoms with van der Waals surface area (Å²) in [5.74, 6) is 1.50. The number of hydrogen-bond donors (Lipinski definition) is 0. The summed E-state index contributed by atoms with van der Waals surface area (Å²) >= 11 is 1.64. The summed E-state index contributed by atoms with van der Waals surface area (Å²) in [6.07, 6.45) is 0. The highest BCUT2D eigenvalue weighted by Crippen LogP contribution is 2.24. The lowest BCUT2D eigenvalue weighted by molar-refractivity contribution is 0.0833. The third kappa shape index (κ3) is 3.67. The second-order valence-electron chi connectivity index (χ2n) is 5.13. The highest BCUT2D eigenvalue weighted by molar-refractivity contribution is 8.01. The van der Waals surface area contributed by atoms with Crippen molar-refractivity contribution in [3.8, 4) is 0 Å². The second kappa shape index (κ2) is 6.94. The molecule has 0 aliphatic carbocycles. The molecule has 1 aliphatic rings. The van der Waals surface area contributed by atoms with Crippen molar-refractivity contribution in [3.63, 3.8) is 0 Å². The van der Waals surface area contributed by atoms with E-state index in [1.165, 1.54) is 0 Å². The minimum absolute atomic E-state index is 0.0150. The molecule has 2 atom stereocenters. The molecule has 0 saturated carbocycles. The molecule has 1 aromatic carbocycles. The van der Waals surface area contributed by atoms with Crippen LogP contribution in [-0.2, 0) is 9.84 Å². The van der Waals surface area contributed by atoms with Crippen LogP contribution in [0.4, 0.5) is 0 Å². The zero-order valence-corrected chi connectivity index (χ0v) is 14.0. The first-order valence-electron chi connectivity index (χ1n) is 7.11. The summed E-state index contributed by atoms with van der Waals surface area (Å²) in [6, 6.07) is 8.66. The predicted octanol–water partition coefficient (Wildman–Crippen LogP) is 2.07. The number of benzene rings is 1. The van der Waals surface area contributed by atoms with Crippen molar-refractivity contribution < 1.29 is 13.2 Å². The van der Waals surface area contributed by atoms with Crippen LogP contribution in [0.25, 0.3) is 0 Å². The summed E-state index contributed by atoms with van der Waals surface area (Å²) < 4.78 is 24.5. The summed E-state index contributed by atoms with van der Waals surface area (Å²) in [5, 5.41) is -0.552. The Hall–Kier alpha value is -0.850. The van der Waals surface area contributed by atoms with E-state index in [-0.39, 0.29) is 11.5 Å². The van der Waals surface area contributed by atoms with Crippen LogP contribution in [0, 0.1) is 0 Å². The Labute approximate surface area is 130 Å². The Balaban J connectivity index is 2.23. The lowest BCUT2D eigenvalue weighted by Gasteiger charge is -2.38. The van der Waals surface area contributed by atoms with E-state index < -0.39 is 21.3 Å². The molecule has 116 valence electrons. The van der Waals surface area contributed by atoms with Gasteiger partial charge in [-0.1, -0.05) is 37.3 Å². The van der Waals surface area contributed by atoms with E-state index in [0.29, 0.717) is 17.9 Å². The maximum atomic E-state index is 12.6. The van der Waals surface area contributed by atoms with Gasteiger partial charge in [-0.2, -0.15) is 11.8 Å². The highest BCUT2D eigenvalue weighted by atomic mass is 32.2. The van der Waals surface area contributed by atoms with E-state index in [1.54, 1.807) is 30.8 Å². The molecular weight excluding hydrogens is 306 g/mol. The first-order chi connectivity index (χ1) is 9.97. The summed E-state index contributed by atoms with van der Waals surface area (Å²) in [5.41, 5.74) is 0.635. The van der Waals surface area contributed by atoms with Crippen LogP contribution < -0.4 is 0 Å². The topological polar surface area (TPSA) is 54.5 Å². The average molecular weight is 327 g/mol. The number of Topliss-reactive ketones (excluding diaryl/α,β-unsaturated/α-hetero) is 1. The number of sulfone groups is 1. The number of carbonyl (C=O) groups is 1. The second-order valence-corrected chi connectivity index (χ2v) is 8.72. The zero-order valence-electron chi connectivity index (χ0n) is 12.4. The zero-order chi connectivity index (χ0) is 15.5. The molecule has 6 heteroatoms. The van der Waals surface area contributed by atoms with Crippen LogP contribution in [0.2, 0.25) is 0 Å². The van der Waals surface area contributed by atoms with Gasteiger partial charge in [0.05, 0.1) is 6.04 Å². The van der Waals surface area contributed by atoms with Crippen LogP contribution in [-0.4, -0.2) is 54.3 Å². The predicted molar refractivity (Wildman–Crippen MR) is 87.5 cm³/mol. The molecule has 2 unspecified atom stereocenters. The van der Waals surface area contributed by atoms with Crippen molar-refractivity contribution in [1.82, 2.24) is 4.90 Å². The third-order valence-electron chi connectivity index (χ3n) is 3.88. The summed E-state index contributed by atoms with van der Waals surface area (Å²) in [7, 11) is -3.18.